The maximum Gasteiger partial charge on any atom is 0.208 e. The van der Waals surface area contributed by atoms with Gasteiger partial charge in [-0.05, 0) is 30.5 Å². The molecule has 0 heterocycles. The average molecular weight is 237 g/mol. The number of Topliss-reactive ketones (excluding diaryl/α,β-unsaturated/α-hetero) is 2. The smallest absolute Gasteiger partial charge is 0.208 e. The number of hydrogen-bond acceptors (Lipinski definition) is 2. The number of rotatable bonds is 3. The molecule has 2 nitrogen and oxygen atoms in total. The van der Waals surface area contributed by atoms with Crippen molar-refractivity contribution < 1.29 is 9.59 Å². The molecule has 0 radical (unpaired) electrons. The van der Waals surface area contributed by atoms with Crippen LogP contribution in [0.2, 0.25) is 5.02 Å². The van der Waals surface area contributed by atoms with Gasteiger partial charge in [-0.3, -0.25) is 9.59 Å². The number of carbonyl (C=O) groups is 2. The summed E-state index contributed by atoms with van der Waals surface area (Å²) in [6.07, 6.45) is 2.50. The summed E-state index contributed by atoms with van der Waals surface area (Å²) < 4.78 is 0. The van der Waals surface area contributed by atoms with E-state index in [-0.39, 0.29) is 11.6 Å². The first-order valence-corrected chi connectivity index (χ1v) is 5.75. The summed E-state index contributed by atoms with van der Waals surface area (Å²) >= 11 is 5.92. The molecule has 16 heavy (non-hydrogen) atoms. The van der Waals surface area contributed by atoms with E-state index in [1.807, 2.05) is 12.1 Å². The molecule has 84 valence electrons. The van der Waals surface area contributed by atoms with E-state index in [1.54, 1.807) is 12.1 Å². The van der Waals surface area contributed by atoms with E-state index in [4.69, 9.17) is 11.6 Å². The third-order valence-electron chi connectivity index (χ3n) is 3.34. The normalized spacial score (nSPS) is 17.6. The molecule has 0 spiro atoms. The molecule has 1 aliphatic rings. The van der Waals surface area contributed by atoms with Gasteiger partial charge >= 0.3 is 0 Å². The van der Waals surface area contributed by atoms with E-state index in [0.29, 0.717) is 5.02 Å². The fourth-order valence-corrected chi connectivity index (χ4v) is 2.49. The van der Waals surface area contributed by atoms with Gasteiger partial charge < -0.3 is 0 Å². The lowest BCUT2D eigenvalue weighted by molar-refractivity contribution is -0.141. The van der Waals surface area contributed by atoms with Crippen LogP contribution in [0.1, 0.15) is 31.7 Å². The molecule has 0 bridgehead atoms. The maximum absolute atomic E-state index is 12.0. The van der Waals surface area contributed by atoms with Crippen molar-refractivity contribution in [1.29, 1.82) is 0 Å². The summed E-state index contributed by atoms with van der Waals surface area (Å²) in [5, 5.41) is 0.611. The molecule has 0 N–H and O–H groups in total. The van der Waals surface area contributed by atoms with Crippen molar-refractivity contribution in [2.24, 2.45) is 0 Å². The van der Waals surface area contributed by atoms with Crippen LogP contribution in [0.4, 0.5) is 0 Å². The molecule has 0 unspecified atom stereocenters. The maximum atomic E-state index is 12.0. The lowest BCUT2D eigenvalue weighted by Crippen LogP contribution is -2.45. The predicted molar refractivity (Wildman–Crippen MR) is 62.7 cm³/mol. The second-order valence-corrected chi connectivity index (χ2v) is 4.77. The summed E-state index contributed by atoms with van der Waals surface area (Å²) in [4.78, 5) is 23.2. The number of ketones is 2. The molecule has 1 saturated carbocycles. The minimum Gasteiger partial charge on any atom is -0.291 e. The molecule has 0 aliphatic heterocycles. The van der Waals surface area contributed by atoms with Crippen LogP contribution >= 0.6 is 11.6 Å². The highest BCUT2D eigenvalue weighted by atomic mass is 35.5. The van der Waals surface area contributed by atoms with Gasteiger partial charge in [0.15, 0.2) is 5.78 Å². The summed E-state index contributed by atoms with van der Waals surface area (Å²) in [5.74, 6) is -0.638. The van der Waals surface area contributed by atoms with E-state index >= 15 is 0 Å². The fourth-order valence-electron chi connectivity index (χ4n) is 2.30. The second kappa shape index (κ2) is 4.02. The van der Waals surface area contributed by atoms with Crippen LogP contribution in [0.3, 0.4) is 0 Å². The summed E-state index contributed by atoms with van der Waals surface area (Å²) in [6, 6.07) is 7.27. The topological polar surface area (TPSA) is 34.1 Å². The van der Waals surface area contributed by atoms with Crippen LogP contribution in [0, 0.1) is 0 Å². The highest BCUT2D eigenvalue weighted by molar-refractivity contribution is 6.40. The molecule has 0 atom stereocenters. The highest BCUT2D eigenvalue weighted by Gasteiger charge is 2.46. The molecule has 3 heteroatoms. The molecule has 2 rings (SSSR count). The van der Waals surface area contributed by atoms with E-state index in [9.17, 15) is 9.59 Å². The monoisotopic (exact) mass is 236 g/mol. The Labute approximate surface area is 99.6 Å². The minimum absolute atomic E-state index is 0.277. The molecule has 0 amide bonds. The van der Waals surface area contributed by atoms with E-state index < -0.39 is 5.41 Å². The van der Waals surface area contributed by atoms with Crippen LogP contribution in [0.5, 0.6) is 0 Å². The van der Waals surface area contributed by atoms with Crippen molar-refractivity contribution in [3.8, 4) is 0 Å². The summed E-state index contributed by atoms with van der Waals surface area (Å²) in [6.45, 7) is 1.34. The predicted octanol–water partition coefficient (Wildman–Crippen LogP) is 2.92. The van der Waals surface area contributed by atoms with Gasteiger partial charge in [-0.25, -0.2) is 0 Å². The Morgan fingerprint density at radius 2 is 2.00 bits per heavy atom. The quantitative estimate of drug-likeness (QED) is 0.757. The minimum atomic E-state index is -0.587. The molecule has 0 saturated heterocycles. The van der Waals surface area contributed by atoms with Crippen molar-refractivity contribution in [3.05, 3.63) is 34.9 Å². The van der Waals surface area contributed by atoms with Gasteiger partial charge in [0.25, 0.3) is 0 Å². The van der Waals surface area contributed by atoms with E-state index in [1.165, 1.54) is 6.92 Å². The van der Waals surface area contributed by atoms with Crippen molar-refractivity contribution >= 4 is 23.2 Å². The van der Waals surface area contributed by atoms with Crippen molar-refractivity contribution in [2.75, 3.05) is 0 Å². The highest BCUT2D eigenvalue weighted by Crippen LogP contribution is 2.45. The Hall–Kier alpha value is -1.15. The number of benzene rings is 1. The zero-order chi connectivity index (χ0) is 11.8. The zero-order valence-corrected chi connectivity index (χ0v) is 9.88. The van der Waals surface area contributed by atoms with Gasteiger partial charge in [0, 0.05) is 11.9 Å². The first-order chi connectivity index (χ1) is 7.56. The molecule has 1 aliphatic carbocycles. The number of hydrogen-bond donors (Lipinski definition) is 0. The molecular formula is C13H13ClO2. The Morgan fingerprint density at radius 3 is 2.44 bits per heavy atom. The van der Waals surface area contributed by atoms with Crippen molar-refractivity contribution in [3.63, 3.8) is 0 Å². The largest absolute Gasteiger partial charge is 0.291 e. The standard InChI is InChI=1S/C13H13ClO2/c1-9(15)12(16)13(6-3-7-13)10-4-2-5-11(14)8-10/h2,4-5,8H,3,6-7H2,1H3. The lowest BCUT2D eigenvalue weighted by atomic mass is 9.61. The fraction of sp³-hybridized carbons (Fsp3) is 0.385. The molecule has 1 fully saturated rings. The van der Waals surface area contributed by atoms with Gasteiger partial charge in [0.2, 0.25) is 5.78 Å². The van der Waals surface area contributed by atoms with Gasteiger partial charge in [-0.15, -0.1) is 0 Å². The van der Waals surface area contributed by atoms with Gasteiger partial charge in [0.05, 0.1) is 5.41 Å². The molecule has 0 aromatic heterocycles. The van der Waals surface area contributed by atoms with Crippen LogP contribution in [-0.2, 0) is 15.0 Å². The summed E-state index contributed by atoms with van der Waals surface area (Å²) in [5.41, 5.74) is 0.294. The van der Waals surface area contributed by atoms with E-state index in [2.05, 4.69) is 0 Å². The van der Waals surface area contributed by atoms with Crippen LogP contribution in [0.15, 0.2) is 24.3 Å². The Balaban J connectivity index is 2.42. The van der Waals surface area contributed by atoms with Crippen molar-refractivity contribution in [1.82, 2.24) is 0 Å². The van der Waals surface area contributed by atoms with Crippen molar-refractivity contribution in [2.45, 2.75) is 31.6 Å². The van der Waals surface area contributed by atoms with Gasteiger partial charge in [-0.1, -0.05) is 30.2 Å². The SMILES string of the molecule is CC(=O)C(=O)C1(c2cccc(Cl)c2)CCC1. The first kappa shape index (κ1) is 11.3. The van der Waals surface area contributed by atoms with Gasteiger partial charge in [-0.2, -0.15) is 0 Å². The molecule has 1 aromatic carbocycles. The summed E-state index contributed by atoms with van der Waals surface area (Å²) in [7, 11) is 0. The Bertz CT molecular complexity index is 447. The van der Waals surface area contributed by atoms with Crippen LogP contribution < -0.4 is 0 Å². The van der Waals surface area contributed by atoms with E-state index in [0.717, 1.165) is 24.8 Å². The van der Waals surface area contributed by atoms with Crippen LogP contribution in [0.25, 0.3) is 0 Å². The Morgan fingerprint density at radius 1 is 1.31 bits per heavy atom. The molecular weight excluding hydrogens is 224 g/mol. The average Bonchev–Trinajstić information content (AvgIpc) is 2.15. The molecule has 1 aromatic rings. The zero-order valence-electron chi connectivity index (χ0n) is 9.13. The number of carbonyl (C=O) groups excluding carboxylic acids is 2. The van der Waals surface area contributed by atoms with Gasteiger partial charge in [0.1, 0.15) is 0 Å². The first-order valence-electron chi connectivity index (χ1n) is 5.38. The lowest BCUT2D eigenvalue weighted by Gasteiger charge is -2.40. The van der Waals surface area contributed by atoms with Crippen LogP contribution in [-0.4, -0.2) is 11.6 Å². The Kier molecular flexibility index (Phi) is 2.85. The third kappa shape index (κ3) is 1.67. The number of halogens is 1. The second-order valence-electron chi connectivity index (χ2n) is 4.33. The third-order valence-corrected chi connectivity index (χ3v) is 3.57.